The number of aryl methyl sites for hydroxylation is 2. The van der Waals surface area contributed by atoms with Crippen LogP contribution in [0.25, 0.3) is 0 Å². The molecule has 0 aliphatic carbocycles. The average molecular weight is 326 g/mol. The first-order valence-corrected chi connectivity index (χ1v) is 8.30. The van der Waals surface area contributed by atoms with Crippen LogP contribution < -0.4 is 0 Å². The summed E-state index contributed by atoms with van der Waals surface area (Å²) in [6, 6.07) is 11.3. The van der Waals surface area contributed by atoms with Gasteiger partial charge >= 0.3 is 0 Å². The van der Waals surface area contributed by atoms with Gasteiger partial charge in [0.05, 0.1) is 6.26 Å². The van der Waals surface area contributed by atoms with Crippen LogP contribution >= 0.6 is 0 Å². The number of hydrogen-bond acceptors (Lipinski definition) is 3. The lowest BCUT2D eigenvalue weighted by Gasteiger charge is -2.35. The van der Waals surface area contributed by atoms with Crippen molar-refractivity contribution in [2.24, 2.45) is 0 Å². The van der Waals surface area contributed by atoms with Gasteiger partial charge in [0, 0.05) is 44.6 Å². The number of amides is 2. The van der Waals surface area contributed by atoms with Crippen LogP contribution in [0.3, 0.4) is 0 Å². The highest BCUT2D eigenvalue weighted by atomic mass is 16.3. The second-order valence-corrected chi connectivity index (χ2v) is 6.07. The predicted molar refractivity (Wildman–Crippen MR) is 90.7 cm³/mol. The molecule has 1 aliphatic rings. The van der Waals surface area contributed by atoms with Crippen LogP contribution in [-0.2, 0) is 11.2 Å². The van der Waals surface area contributed by atoms with Gasteiger partial charge in [0.25, 0.3) is 5.91 Å². The SMILES string of the molecule is Cc1ccccc1C(=O)N1CCN(C(=O)CCc2ccco2)CC1. The normalized spacial score (nSPS) is 14.7. The van der Waals surface area contributed by atoms with E-state index in [-0.39, 0.29) is 11.8 Å². The van der Waals surface area contributed by atoms with Crippen molar-refractivity contribution < 1.29 is 14.0 Å². The zero-order chi connectivity index (χ0) is 16.9. The molecule has 1 saturated heterocycles. The van der Waals surface area contributed by atoms with Crippen LogP contribution in [0.2, 0.25) is 0 Å². The van der Waals surface area contributed by atoms with Crippen LogP contribution in [0.15, 0.2) is 47.1 Å². The van der Waals surface area contributed by atoms with Crippen molar-refractivity contribution in [1.82, 2.24) is 9.80 Å². The van der Waals surface area contributed by atoms with E-state index in [9.17, 15) is 9.59 Å². The number of carbonyl (C=O) groups is 2. The number of furan rings is 1. The second-order valence-electron chi connectivity index (χ2n) is 6.07. The lowest BCUT2D eigenvalue weighted by Crippen LogP contribution is -2.50. The number of piperazine rings is 1. The van der Waals surface area contributed by atoms with Crippen molar-refractivity contribution in [2.75, 3.05) is 26.2 Å². The molecule has 0 atom stereocenters. The molecule has 0 saturated carbocycles. The molecule has 5 nitrogen and oxygen atoms in total. The Kier molecular flexibility index (Phi) is 4.99. The van der Waals surface area contributed by atoms with Crippen molar-refractivity contribution in [3.05, 3.63) is 59.5 Å². The Bertz CT molecular complexity index is 701. The molecule has 5 heteroatoms. The summed E-state index contributed by atoms with van der Waals surface area (Å²) in [6.07, 6.45) is 2.68. The Hall–Kier alpha value is -2.56. The Morgan fingerprint density at radius 2 is 1.71 bits per heavy atom. The third-order valence-corrected chi connectivity index (χ3v) is 4.46. The molecule has 2 amide bonds. The van der Waals surface area contributed by atoms with Crippen LogP contribution in [0.4, 0.5) is 0 Å². The maximum absolute atomic E-state index is 12.6. The molecule has 126 valence electrons. The van der Waals surface area contributed by atoms with E-state index < -0.39 is 0 Å². The minimum Gasteiger partial charge on any atom is -0.469 e. The number of nitrogens with zero attached hydrogens (tertiary/aromatic N) is 2. The maximum Gasteiger partial charge on any atom is 0.254 e. The molecule has 3 rings (SSSR count). The minimum absolute atomic E-state index is 0.0517. The Morgan fingerprint density at radius 3 is 2.38 bits per heavy atom. The summed E-state index contributed by atoms with van der Waals surface area (Å²) in [4.78, 5) is 28.5. The molecule has 0 unspecified atom stereocenters. The molecule has 0 radical (unpaired) electrons. The highest BCUT2D eigenvalue weighted by Crippen LogP contribution is 2.14. The Balaban J connectivity index is 1.51. The summed E-state index contributed by atoms with van der Waals surface area (Å²) < 4.78 is 5.26. The van der Waals surface area contributed by atoms with E-state index in [2.05, 4.69) is 0 Å². The largest absolute Gasteiger partial charge is 0.469 e. The van der Waals surface area contributed by atoms with Crippen LogP contribution in [0, 0.1) is 6.92 Å². The summed E-state index contributed by atoms with van der Waals surface area (Å²) in [5.41, 5.74) is 1.73. The van der Waals surface area contributed by atoms with E-state index in [1.807, 2.05) is 53.1 Å². The quantitative estimate of drug-likeness (QED) is 0.867. The van der Waals surface area contributed by atoms with Gasteiger partial charge in [-0.15, -0.1) is 0 Å². The van der Waals surface area contributed by atoms with Gasteiger partial charge in [-0.2, -0.15) is 0 Å². The number of rotatable bonds is 4. The molecule has 1 aromatic carbocycles. The van der Waals surface area contributed by atoms with E-state index in [1.54, 1.807) is 6.26 Å². The fourth-order valence-electron chi connectivity index (χ4n) is 2.99. The first-order valence-electron chi connectivity index (χ1n) is 8.30. The maximum atomic E-state index is 12.6. The van der Waals surface area contributed by atoms with Crippen molar-refractivity contribution in [2.45, 2.75) is 19.8 Å². The highest BCUT2D eigenvalue weighted by Gasteiger charge is 2.25. The molecule has 0 spiro atoms. The number of hydrogen-bond donors (Lipinski definition) is 0. The van der Waals surface area contributed by atoms with Gasteiger partial charge in [0.15, 0.2) is 0 Å². The fraction of sp³-hybridized carbons (Fsp3) is 0.368. The van der Waals surface area contributed by atoms with Crippen molar-refractivity contribution in [3.8, 4) is 0 Å². The van der Waals surface area contributed by atoms with Crippen molar-refractivity contribution in [1.29, 1.82) is 0 Å². The van der Waals surface area contributed by atoms with Gasteiger partial charge in [-0.3, -0.25) is 9.59 Å². The minimum atomic E-state index is 0.0517. The number of carbonyl (C=O) groups excluding carboxylic acids is 2. The monoisotopic (exact) mass is 326 g/mol. The Morgan fingerprint density at radius 1 is 1.00 bits per heavy atom. The van der Waals surface area contributed by atoms with Crippen LogP contribution in [-0.4, -0.2) is 47.8 Å². The van der Waals surface area contributed by atoms with E-state index in [0.29, 0.717) is 39.0 Å². The highest BCUT2D eigenvalue weighted by molar-refractivity contribution is 5.95. The van der Waals surface area contributed by atoms with E-state index in [1.165, 1.54) is 0 Å². The summed E-state index contributed by atoms with van der Waals surface area (Å²) in [6.45, 7) is 4.30. The summed E-state index contributed by atoms with van der Waals surface area (Å²) in [5, 5.41) is 0. The van der Waals surface area contributed by atoms with Crippen LogP contribution in [0.5, 0.6) is 0 Å². The summed E-state index contributed by atoms with van der Waals surface area (Å²) in [5.74, 6) is 1.00. The van der Waals surface area contributed by atoms with Gasteiger partial charge in [0.1, 0.15) is 5.76 Å². The van der Waals surface area contributed by atoms with Crippen LogP contribution in [0.1, 0.15) is 28.1 Å². The second kappa shape index (κ2) is 7.34. The van der Waals surface area contributed by atoms with Crippen molar-refractivity contribution >= 4 is 11.8 Å². The van der Waals surface area contributed by atoms with Gasteiger partial charge in [-0.05, 0) is 30.7 Å². The lowest BCUT2D eigenvalue weighted by molar-refractivity contribution is -0.132. The van der Waals surface area contributed by atoms with E-state index in [4.69, 9.17) is 4.42 Å². The van der Waals surface area contributed by atoms with Crippen molar-refractivity contribution in [3.63, 3.8) is 0 Å². The topological polar surface area (TPSA) is 53.8 Å². The zero-order valence-corrected chi connectivity index (χ0v) is 13.9. The van der Waals surface area contributed by atoms with Gasteiger partial charge in [0.2, 0.25) is 5.91 Å². The molecule has 1 aliphatic heterocycles. The molecule has 1 fully saturated rings. The third kappa shape index (κ3) is 3.67. The standard InChI is InChI=1S/C19H22N2O3/c1-15-5-2-3-7-17(15)19(23)21-12-10-20(11-13-21)18(22)9-8-16-6-4-14-24-16/h2-7,14H,8-13H2,1H3. The smallest absolute Gasteiger partial charge is 0.254 e. The van der Waals surface area contributed by atoms with Gasteiger partial charge < -0.3 is 14.2 Å². The fourth-order valence-corrected chi connectivity index (χ4v) is 2.99. The first-order chi connectivity index (χ1) is 11.6. The first kappa shape index (κ1) is 16.3. The third-order valence-electron chi connectivity index (χ3n) is 4.46. The predicted octanol–water partition coefficient (Wildman–Crippen LogP) is 2.51. The molecule has 1 aromatic heterocycles. The molecule has 24 heavy (non-hydrogen) atoms. The average Bonchev–Trinajstić information content (AvgIpc) is 3.13. The Labute approximate surface area is 141 Å². The molecule has 2 heterocycles. The van der Waals surface area contributed by atoms with E-state index in [0.717, 1.165) is 16.9 Å². The number of benzene rings is 1. The summed E-state index contributed by atoms with van der Waals surface area (Å²) >= 11 is 0. The zero-order valence-electron chi connectivity index (χ0n) is 13.9. The molecular weight excluding hydrogens is 304 g/mol. The van der Waals surface area contributed by atoms with Gasteiger partial charge in [-0.25, -0.2) is 0 Å². The molecule has 0 bridgehead atoms. The van der Waals surface area contributed by atoms with Gasteiger partial charge in [-0.1, -0.05) is 18.2 Å². The van der Waals surface area contributed by atoms with E-state index >= 15 is 0 Å². The summed E-state index contributed by atoms with van der Waals surface area (Å²) in [7, 11) is 0. The molecule has 0 N–H and O–H groups in total. The molecular formula is C19H22N2O3. The molecule has 2 aromatic rings. The lowest BCUT2D eigenvalue weighted by atomic mass is 10.1.